The molecule has 1 aromatic carbocycles. The number of hydrogen-bond donors (Lipinski definition) is 8. The fourth-order valence-corrected chi connectivity index (χ4v) is 3.69. The second-order valence-corrected chi connectivity index (χ2v) is 7.90. The highest BCUT2D eigenvalue weighted by Gasteiger charge is 2.60. The lowest BCUT2D eigenvalue weighted by molar-refractivity contribution is -0.383. The lowest BCUT2D eigenvalue weighted by Gasteiger charge is -2.43. The first-order valence-electron chi connectivity index (χ1n) is 10.4. The molecule has 2 fully saturated rings. The predicted molar refractivity (Wildman–Crippen MR) is 110 cm³/mol. The lowest BCUT2D eigenvalue weighted by Crippen LogP contribution is -2.63. The van der Waals surface area contributed by atoms with Crippen LogP contribution in [0.2, 0.25) is 0 Å². The number of hydrogen-bond acceptors (Lipinski definition) is 13. The summed E-state index contributed by atoms with van der Waals surface area (Å²) in [6.45, 7) is -2.55. The third-order valence-electron chi connectivity index (χ3n) is 5.59. The first-order valence-corrected chi connectivity index (χ1v) is 10.4. The zero-order chi connectivity index (χ0) is 25.0. The van der Waals surface area contributed by atoms with Gasteiger partial charge in [0.15, 0.2) is 12.4 Å². The van der Waals surface area contributed by atoms with E-state index in [0.29, 0.717) is 5.56 Å². The number of phenols is 1. The molecule has 8 N–H and O–H groups in total. The Balaban J connectivity index is 1.80. The quantitative estimate of drug-likeness (QED) is 0.132. The van der Waals surface area contributed by atoms with Crippen molar-refractivity contribution in [2.75, 3.05) is 19.8 Å². The van der Waals surface area contributed by atoms with Gasteiger partial charge in [0.1, 0.15) is 49.0 Å². The molecule has 0 aromatic heterocycles. The van der Waals surface area contributed by atoms with Crippen molar-refractivity contribution >= 4 is 12.0 Å². The molecule has 190 valence electrons. The second kappa shape index (κ2) is 11.0. The van der Waals surface area contributed by atoms with E-state index in [9.17, 15) is 45.6 Å². The maximum absolute atomic E-state index is 12.4. The molecule has 0 spiro atoms. The number of aliphatic hydroxyl groups is 7. The van der Waals surface area contributed by atoms with Crippen molar-refractivity contribution in [2.24, 2.45) is 0 Å². The smallest absolute Gasteiger partial charge is 0.331 e. The van der Waals surface area contributed by atoms with Gasteiger partial charge >= 0.3 is 5.97 Å². The monoisotopic (exact) mass is 488 g/mol. The third kappa shape index (κ3) is 5.39. The number of aliphatic hydroxyl groups excluding tert-OH is 7. The van der Waals surface area contributed by atoms with Crippen molar-refractivity contribution in [3.63, 3.8) is 0 Å². The molecule has 2 saturated heterocycles. The van der Waals surface area contributed by atoms with Crippen molar-refractivity contribution in [1.29, 1.82) is 0 Å². The van der Waals surface area contributed by atoms with Crippen molar-refractivity contribution in [3.05, 3.63) is 35.9 Å². The molecule has 2 aliphatic heterocycles. The van der Waals surface area contributed by atoms with E-state index >= 15 is 0 Å². The molecule has 34 heavy (non-hydrogen) atoms. The van der Waals surface area contributed by atoms with Crippen LogP contribution in [0.25, 0.3) is 6.08 Å². The largest absolute Gasteiger partial charge is 0.508 e. The van der Waals surface area contributed by atoms with Gasteiger partial charge in [-0.15, -0.1) is 0 Å². The number of carbonyl (C=O) groups excluding carboxylic acids is 1. The van der Waals surface area contributed by atoms with E-state index in [0.717, 1.165) is 6.08 Å². The standard InChI is InChI=1S/C21H28O13/c22-7-12-15(27)17(29)18(30)20(31-12)34-21(9-24)19(16(28)13(8-23)33-21)32-14(26)6-3-10-1-4-11(25)5-2-10/h1-6,12-13,15-20,22-25,27-30H,7-9H2/b6-3+/t12-,13-,15-,16-,17+,18-,19+,20-,21+/m1/s1. The van der Waals surface area contributed by atoms with E-state index in [4.69, 9.17) is 18.9 Å². The summed E-state index contributed by atoms with van der Waals surface area (Å²) in [5.74, 6) is -3.31. The first kappa shape index (κ1) is 26.4. The van der Waals surface area contributed by atoms with Gasteiger partial charge in [0.2, 0.25) is 5.79 Å². The van der Waals surface area contributed by atoms with Gasteiger partial charge in [0, 0.05) is 6.08 Å². The topological polar surface area (TPSA) is 216 Å². The number of esters is 1. The summed E-state index contributed by atoms with van der Waals surface area (Å²) in [5.41, 5.74) is 0.539. The van der Waals surface area contributed by atoms with E-state index < -0.39 is 80.6 Å². The fraction of sp³-hybridized carbons (Fsp3) is 0.571. The summed E-state index contributed by atoms with van der Waals surface area (Å²) in [6, 6.07) is 5.84. The van der Waals surface area contributed by atoms with Gasteiger partial charge in [-0.05, 0) is 23.8 Å². The minimum atomic E-state index is -2.34. The van der Waals surface area contributed by atoms with Crippen LogP contribution in [0.15, 0.2) is 30.3 Å². The Morgan fingerprint density at radius 2 is 1.59 bits per heavy atom. The van der Waals surface area contributed by atoms with Gasteiger partial charge < -0.3 is 59.8 Å². The summed E-state index contributed by atoms with van der Waals surface area (Å²) < 4.78 is 21.4. The van der Waals surface area contributed by atoms with Gasteiger partial charge in [-0.3, -0.25) is 0 Å². The third-order valence-corrected chi connectivity index (χ3v) is 5.59. The molecule has 0 bridgehead atoms. The van der Waals surface area contributed by atoms with Gasteiger partial charge in [-0.2, -0.15) is 0 Å². The highest BCUT2D eigenvalue weighted by Crippen LogP contribution is 2.38. The van der Waals surface area contributed by atoms with Crippen LogP contribution in [-0.2, 0) is 23.7 Å². The Bertz CT molecular complexity index is 844. The van der Waals surface area contributed by atoms with Crippen LogP contribution in [0.3, 0.4) is 0 Å². The van der Waals surface area contributed by atoms with Gasteiger partial charge in [0.05, 0.1) is 13.2 Å². The minimum Gasteiger partial charge on any atom is -0.508 e. The minimum absolute atomic E-state index is 0.0269. The van der Waals surface area contributed by atoms with Crippen molar-refractivity contribution in [1.82, 2.24) is 0 Å². The number of phenolic OH excluding ortho intramolecular Hbond substituents is 1. The Labute approximate surface area is 193 Å². The Kier molecular flexibility index (Phi) is 8.59. The molecule has 3 rings (SSSR count). The number of rotatable bonds is 8. The number of aromatic hydroxyl groups is 1. The fourth-order valence-electron chi connectivity index (χ4n) is 3.69. The summed E-state index contributed by atoms with van der Waals surface area (Å²) in [6.07, 6.45) is -10.9. The Morgan fingerprint density at radius 3 is 2.18 bits per heavy atom. The molecule has 2 aliphatic rings. The molecule has 0 amide bonds. The normalized spacial score (nSPS) is 38.3. The number of carbonyl (C=O) groups is 1. The zero-order valence-corrected chi connectivity index (χ0v) is 17.8. The first-order chi connectivity index (χ1) is 16.2. The van der Waals surface area contributed by atoms with E-state index in [-0.39, 0.29) is 5.75 Å². The summed E-state index contributed by atoms with van der Waals surface area (Å²) in [5, 5.41) is 78.9. The van der Waals surface area contributed by atoms with Crippen LogP contribution in [0, 0.1) is 0 Å². The zero-order valence-electron chi connectivity index (χ0n) is 17.8. The highest BCUT2D eigenvalue weighted by atomic mass is 16.8. The van der Waals surface area contributed by atoms with E-state index in [1.807, 2.05) is 0 Å². The molecule has 9 atom stereocenters. The molecule has 2 heterocycles. The van der Waals surface area contributed by atoms with Crippen LogP contribution in [0.4, 0.5) is 0 Å². The Morgan fingerprint density at radius 1 is 0.941 bits per heavy atom. The van der Waals surface area contributed by atoms with Crippen molar-refractivity contribution in [3.8, 4) is 5.75 Å². The molecular formula is C21H28O13. The molecule has 0 saturated carbocycles. The maximum Gasteiger partial charge on any atom is 0.331 e. The lowest BCUT2D eigenvalue weighted by atomic mass is 9.99. The Hall–Kier alpha value is -2.17. The van der Waals surface area contributed by atoms with Crippen molar-refractivity contribution < 1.29 is 64.6 Å². The van der Waals surface area contributed by atoms with E-state index in [1.165, 1.54) is 30.3 Å². The second-order valence-electron chi connectivity index (χ2n) is 7.90. The molecule has 0 radical (unpaired) electrons. The molecule has 0 aliphatic carbocycles. The molecule has 1 aromatic rings. The van der Waals surface area contributed by atoms with Crippen LogP contribution in [0.5, 0.6) is 5.75 Å². The van der Waals surface area contributed by atoms with Gasteiger partial charge in [-0.1, -0.05) is 12.1 Å². The SMILES string of the molecule is O=C(/C=C/c1ccc(O)cc1)O[C@H]1[C@H](O)[C@@H](CO)O[C@@]1(CO)O[C@H]1O[C@H](CO)[C@@H](O)[C@H](O)[C@H]1O. The predicted octanol–water partition coefficient (Wildman–Crippen LogP) is -3.43. The maximum atomic E-state index is 12.4. The van der Waals surface area contributed by atoms with E-state index in [1.54, 1.807) is 0 Å². The molecule has 13 heteroatoms. The molecular weight excluding hydrogens is 460 g/mol. The number of benzene rings is 1. The summed E-state index contributed by atoms with van der Waals surface area (Å²) in [7, 11) is 0. The molecule has 0 unspecified atom stereocenters. The average molecular weight is 488 g/mol. The molecule has 13 nitrogen and oxygen atoms in total. The summed E-state index contributed by atoms with van der Waals surface area (Å²) >= 11 is 0. The van der Waals surface area contributed by atoms with Crippen LogP contribution < -0.4 is 0 Å². The van der Waals surface area contributed by atoms with Crippen LogP contribution in [-0.4, -0.2) is 121 Å². The van der Waals surface area contributed by atoms with Gasteiger partial charge in [-0.25, -0.2) is 4.79 Å². The summed E-state index contributed by atoms with van der Waals surface area (Å²) in [4.78, 5) is 12.4. The van der Waals surface area contributed by atoms with E-state index in [2.05, 4.69) is 0 Å². The highest BCUT2D eigenvalue weighted by molar-refractivity contribution is 5.87. The van der Waals surface area contributed by atoms with Crippen LogP contribution in [0.1, 0.15) is 5.56 Å². The average Bonchev–Trinajstić information content (AvgIpc) is 3.10. The van der Waals surface area contributed by atoms with Crippen LogP contribution >= 0.6 is 0 Å². The van der Waals surface area contributed by atoms with Gasteiger partial charge in [0.25, 0.3) is 0 Å². The van der Waals surface area contributed by atoms with Crippen molar-refractivity contribution in [2.45, 2.75) is 54.8 Å². The number of ether oxygens (including phenoxy) is 4.